The van der Waals surface area contributed by atoms with Crippen molar-refractivity contribution in [2.45, 2.75) is 64.1 Å². The Balaban J connectivity index is 1.89. The molecule has 2 fully saturated rings. The normalized spacial score (nSPS) is 27.0. The smallest absolute Gasteiger partial charge is 0.0884 e. The molecule has 2 aliphatic carbocycles. The number of aliphatic hydroxyl groups is 2. The van der Waals surface area contributed by atoms with Crippen LogP contribution >= 0.6 is 0 Å². The summed E-state index contributed by atoms with van der Waals surface area (Å²) in [6.07, 6.45) is 12.1. The average Bonchev–Trinajstić information content (AvgIpc) is 3.30. The minimum absolute atomic E-state index is 0.167. The van der Waals surface area contributed by atoms with Gasteiger partial charge in [0, 0.05) is 0 Å². The highest BCUT2D eigenvalue weighted by Gasteiger charge is 2.45. The SMILES string of the molecule is C=CC[C@@H](C)[C@@](O)(C=CCC(C)C(O)C1CC1)C1CC1. The van der Waals surface area contributed by atoms with Gasteiger partial charge in [-0.1, -0.05) is 32.1 Å². The molecule has 20 heavy (non-hydrogen) atoms. The summed E-state index contributed by atoms with van der Waals surface area (Å²) in [5.74, 6) is 1.45. The van der Waals surface area contributed by atoms with Crippen LogP contribution in [0.25, 0.3) is 0 Å². The molecule has 0 aliphatic heterocycles. The first-order chi connectivity index (χ1) is 9.49. The van der Waals surface area contributed by atoms with Crippen molar-refractivity contribution in [2.24, 2.45) is 23.7 Å². The zero-order valence-electron chi connectivity index (χ0n) is 13.0. The van der Waals surface area contributed by atoms with Crippen LogP contribution in [-0.2, 0) is 0 Å². The second kappa shape index (κ2) is 6.44. The van der Waals surface area contributed by atoms with Gasteiger partial charge in [-0.3, -0.25) is 0 Å². The molecule has 2 saturated carbocycles. The van der Waals surface area contributed by atoms with Crippen LogP contribution in [0.1, 0.15) is 52.4 Å². The van der Waals surface area contributed by atoms with Gasteiger partial charge < -0.3 is 10.2 Å². The molecule has 0 aromatic rings. The van der Waals surface area contributed by atoms with E-state index in [2.05, 4.69) is 26.5 Å². The van der Waals surface area contributed by atoms with E-state index >= 15 is 0 Å². The van der Waals surface area contributed by atoms with Crippen LogP contribution in [0.5, 0.6) is 0 Å². The number of allylic oxidation sites excluding steroid dienone is 2. The van der Waals surface area contributed by atoms with Gasteiger partial charge in [-0.05, 0) is 62.2 Å². The van der Waals surface area contributed by atoms with E-state index in [0.29, 0.717) is 11.8 Å². The molecule has 0 aromatic heterocycles. The lowest BCUT2D eigenvalue weighted by Gasteiger charge is -2.31. The minimum Gasteiger partial charge on any atom is -0.393 e. The van der Waals surface area contributed by atoms with Crippen molar-refractivity contribution < 1.29 is 10.2 Å². The maximum atomic E-state index is 10.9. The molecule has 114 valence electrons. The summed E-state index contributed by atoms with van der Waals surface area (Å²) in [5, 5.41) is 21.0. The van der Waals surface area contributed by atoms with Crippen molar-refractivity contribution in [3.63, 3.8) is 0 Å². The topological polar surface area (TPSA) is 40.5 Å². The third kappa shape index (κ3) is 3.73. The highest BCUT2D eigenvalue weighted by atomic mass is 16.3. The molecule has 0 amide bonds. The van der Waals surface area contributed by atoms with Crippen LogP contribution in [0.4, 0.5) is 0 Å². The molecular formula is C18H30O2. The highest BCUT2D eigenvalue weighted by molar-refractivity contribution is 5.12. The predicted octanol–water partition coefficient (Wildman–Crippen LogP) is 3.69. The summed E-state index contributed by atoms with van der Waals surface area (Å²) >= 11 is 0. The van der Waals surface area contributed by atoms with E-state index in [1.54, 1.807) is 0 Å². The first-order valence-corrected chi connectivity index (χ1v) is 8.18. The zero-order chi connectivity index (χ0) is 14.8. The fourth-order valence-electron chi connectivity index (χ4n) is 3.20. The third-order valence-electron chi connectivity index (χ3n) is 5.12. The molecule has 0 spiro atoms. The molecular weight excluding hydrogens is 248 g/mol. The van der Waals surface area contributed by atoms with Gasteiger partial charge in [0.25, 0.3) is 0 Å². The molecule has 0 aromatic carbocycles. The first-order valence-electron chi connectivity index (χ1n) is 8.18. The Morgan fingerprint density at radius 2 is 1.85 bits per heavy atom. The van der Waals surface area contributed by atoms with Crippen molar-refractivity contribution in [1.29, 1.82) is 0 Å². The molecule has 0 bridgehead atoms. The van der Waals surface area contributed by atoms with E-state index in [4.69, 9.17) is 0 Å². The number of aliphatic hydroxyl groups excluding tert-OH is 1. The summed E-state index contributed by atoms with van der Waals surface area (Å²) in [7, 11) is 0. The van der Waals surface area contributed by atoms with E-state index in [9.17, 15) is 10.2 Å². The number of rotatable bonds is 9. The lowest BCUT2D eigenvalue weighted by molar-refractivity contribution is 0.0146. The van der Waals surface area contributed by atoms with Crippen LogP contribution in [0, 0.1) is 23.7 Å². The highest BCUT2D eigenvalue weighted by Crippen LogP contribution is 2.45. The van der Waals surface area contributed by atoms with E-state index in [0.717, 1.165) is 25.7 Å². The van der Waals surface area contributed by atoms with Gasteiger partial charge in [-0.2, -0.15) is 0 Å². The van der Waals surface area contributed by atoms with Crippen molar-refractivity contribution in [2.75, 3.05) is 0 Å². The zero-order valence-corrected chi connectivity index (χ0v) is 13.0. The molecule has 0 radical (unpaired) electrons. The standard InChI is InChI=1S/C18H30O2/c1-4-6-14(3)18(20,16-10-11-16)12-5-7-13(2)17(19)15-8-9-15/h4-5,12-17,19-20H,1,6-11H2,2-3H3/t13?,14-,17?,18+/m1/s1. The van der Waals surface area contributed by atoms with E-state index in [1.807, 2.05) is 12.2 Å². The summed E-state index contributed by atoms with van der Waals surface area (Å²) in [5.41, 5.74) is -0.682. The van der Waals surface area contributed by atoms with Gasteiger partial charge >= 0.3 is 0 Å². The maximum absolute atomic E-state index is 10.9. The Bertz CT molecular complexity index is 354. The Labute approximate surface area is 123 Å². The molecule has 2 aliphatic rings. The van der Waals surface area contributed by atoms with Crippen LogP contribution in [0.15, 0.2) is 24.8 Å². The van der Waals surface area contributed by atoms with Crippen molar-refractivity contribution >= 4 is 0 Å². The van der Waals surface area contributed by atoms with Crippen LogP contribution in [-0.4, -0.2) is 21.9 Å². The molecule has 2 rings (SSSR count). The molecule has 2 unspecified atom stereocenters. The second-order valence-electron chi connectivity index (χ2n) is 7.03. The van der Waals surface area contributed by atoms with Crippen LogP contribution in [0.3, 0.4) is 0 Å². The van der Waals surface area contributed by atoms with Gasteiger partial charge in [-0.15, -0.1) is 6.58 Å². The molecule has 2 N–H and O–H groups in total. The second-order valence-corrected chi connectivity index (χ2v) is 7.03. The summed E-state index contributed by atoms with van der Waals surface area (Å²) < 4.78 is 0. The quantitative estimate of drug-likeness (QED) is 0.631. The average molecular weight is 278 g/mol. The molecule has 2 heteroatoms. The van der Waals surface area contributed by atoms with Crippen molar-refractivity contribution in [3.8, 4) is 0 Å². The van der Waals surface area contributed by atoms with Gasteiger partial charge in [0.15, 0.2) is 0 Å². The Morgan fingerprint density at radius 1 is 1.20 bits per heavy atom. The minimum atomic E-state index is -0.682. The predicted molar refractivity (Wildman–Crippen MR) is 83.3 cm³/mol. The molecule has 0 heterocycles. The van der Waals surface area contributed by atoms with Gasteiger partial charge in [-0.25, -0.2) is 0 Å². The lowest BCUT2D eigenvalue weighted by Crippen LogP contribution is -2.36. The van der Waals surface area contributed by atoms with Gasteiger partial charge in [0.2, 0.25) is 0 Å². The largest absolute Gasteiger partial charge is 0.393 e. The van der Waals surface area contributed by atoms with Crippen LogP contribution in [0.2, 0.25) is 0 Å². The maximum Gasteiger partial charge on any atom is 0.0884 e. The Hall–Kier alpha value is -0.600. The van der Waals surface area contributed by atoms with Gasteiger partial charge in [0.05, 0.1) is 11.7 Å². The summed E-state index contributed by atoms with van der Waals surface area (Å²) in [6.45, 7) is 8.00. The van der Waals surface area contributed by atoms with Crippen molar-refractivity contribution in [3.05, 3.63) is 24.8 Å². The monoisotopic (exact) mass is 278 g/mol. The molecule has 4 atom stereocenters. The van der Waals surface area contributed by atoms with E-state index in [-0.39, 0.29) is 17.9 Å². The summed E-state index contributed by atoms with van der Waals surface area (Å²) in [6, 6.07) is 0. The number of hydrogen-bond acceptors (Lipinski definition) is 2. The first kappa shape index (κ1) is 15.8. The van der Waals surface area contributed by atoms with E-state index in [1.165, 1.54) is 12.8 Å². The number of hydrogen-bond donors (Lipinski definition) is 2. The lowest BCUT2D eigenvalue weighted by atomic mass is 9.81. The van der Waals surface area contributed by atoms with E-state index < -0.39 is 5.60 Å². The van der Waals surface area contributed by atoms with Crippen molar-refractivity contribution in [1.82, 2.24) is 0 Å². The fourth-order valence-corrected chi connectivity index (χ4v) is 3.20. The van der Waals surface area contributed by atoms with Crippen LogP contribution < -0.4 is 0 Å². The molecule has 0 saturated heterocycles. The third-order valence-corrected chi connectivity index (χ3v) is 5.12. The van der Waals surface area contributed by atoms with Gasteiger partial charge in [0.1, 0.15) is 0 Å². The molecule has 2 nitrogen and oxygen atoms in total. The Kier molecular flexibility index (Phi) is 5.09. The fraction of sp³-hybridized carbons (Fsp3) is 0.778. The summed E-state index contributed by atoms with van der Waals surface area (Å²) in [4.78, 5) is 0. The Morgan fingerprint density at radius 3 is 2.35 bits per heavy atom.